The van der Waals surface area contributed by atoms with Crippen molar-refractivity contribution in [3.05, 3.63) is 83.2 Å². The molecule has 0 amide bonds. The molecule has 0 aliphatic heterocycles. The van der Waals surface area contributed by atoms with Crippen molar-refractivity contribution in [1.29, 1.82) is 0 Å². The zero-order chi connectivity index (χ0) is 23.8. The van der Waals surface area contributed by atoms with Crippen LogP contribution in [-0.2, 0) is 25.7 Å². The fourth-order valence-corrected chi connectivity index (χ4v) is 4.48. The lowest BCUT2D eigenvalue weighted by atomic mass is 10.00. The SMILES string of the molecule is CCCCCCCc1ccc(CCc2ccc(-c3ncc(CCCCCCC)cn3)cc2)cc1. The summed E-state index contributed by atoms with van der Waals surface area (Å²) in [7, 11) is 0. The molecule has 1 heterocycles. The van der Waals surface area contributed by atoms with Crippen LogP contribution in [0, 0.1) is 0 Å². The molecule has 182 valence electrons. The zero-order valence-corrected chi connectivity index (χ0v) is 21.6. The molecule has 1 aromatic heterocycles. The van der Waals surface area contributed by atoms with E-state index in [1.165, 1.54) is 92.9 Å². The van der Waals surface area contributed by atoms with E-state index < -0.39 is 0 Å². The maximum atomic E-state index is 4.62. The Balaban J connectivity index is 1.41. The number of hydrogen-bond acceptors (Lipinski definition) is 2. The molecule has 2 nitrogen and oxygen atoms in total. The third kappa shape index (κ3) is 9.41. The van der Waals surface area contributed by atoms with Crippen molar-refractivity contribution in [2.45, 2.75) is 104 Å². The average molecular weight is 457 g/mol. The summed E-state index contributed by atoms with van der Waals surface area (Å²) in [6, 6.07) is 18.1. The fourth-order valence-electron chi connectivity index (χ4n) is 4.48. The summed E-state index contributed by atoms with van der Waals surface area (Å²) in [5.41, 5.74) is 6.62. The van der Waals surface area contributed by atoms with Crippen molar-refractivity contribution in [2.75, 3.05) is 0 Å². The van der Waals surface area contributed by atoms with E-state index in [4.69, 9.17) is 0 Å². The Morgan fingerprint density at radius 3 is 1.35 bits per heavy atom. The molecule has 3 aromatic rings. The molecular formula is C32H44N2. The van der Waals surface area contributed by atoms with Crippen molar-refractivity contribution < 1.29 is 0 Å². The highest BCUT2D eigenvalue weighted by Crippen LogP contribution is 2.18. The van der Waals surface area contributed by atoms with Crippen molar-refractivity contribution >= 4 is 0 Å². The molecule has 0 atom stereocenters. The molecule has 0 unspecified atom stereocenters. The monoisotopic (exact) mass is 456 g/mol. The van der Waals surface area contributed by atoms with Crippen LogP contribution in [0.3, 0.4) is 0 Å². The second-order valence-corrected chi connectivity index (χ2v) is 9.76. The van der Waals surface area contributed by atoms with Gasteiger partial charge in [-0.3, -0.25) is 0 Å². The number of hydrogen-bond donors (Lipinski definition) is 0. The molecule has 0 spiro atoms. The predicted molar refractivity (Wildman–Crippen MR) is 146 cm³/mol. The van der Waals surface area contributed by atoms with Gasteiger partial charge in [0, 0.05) is 18.0 Å². The largest absolute Gasteiger partial charge is 0.236 e. The first-order chi connectivity index (χ1) is 16.8. The fraction of sp³-hybridized carbons (Fsp3) is 0.500. The van der Waals surface area contributed by atoms with Gasteiger partial charge in [-0.15, -0.1) is 0 Å². The first-order valence-electron chi connectivity index (χ1n) is 13.8. The van der Waals surface area contributed by atoms with Gasteiger partial charge in [0.25, 0.3) is 0 Å². The minimum Gasteiger partial charge on any atom is -0.236 e. The Morgan fingerprint density at radius 1 is 0.441 bits per heavy atom. The summed E-state index contributed by atoms with van der Waals surface area (Å²) in [6.45, 7) is 4.53. The van der Waals surface area contributed by atoms with E-state index >= 15 is 0 Å². The Labute approximate surface area is 208 Å². The molecule has 0 bridgehead atoms. The summed E-state index contributed by atoms with van der Waals surface area (Å²) in [4.78, 5) is 9.24. The summed E-state index contributed by atoms with van der Waals surface area (Å²) < 4.78 is 0. The van der Waals surface area contributed by atoms with Crippen LogP contribution in [-0.4, -0.2) is 9.97 Å². The van der Waals surface area contributed by atoms with E-state index in [1.54, 1.807) is 0 Å². The van der Waals surface area contributed by atoms with Gasteiger partial charge in [-0.1, -0.05) is 114 Å². The second kappa shape index (κ2) is 15.4. The quantitative estimate of drug-likeness (QED) is 0.201. The van der Waals surface area contributed by atoms with E-state index in [0.717, 1.165) is 30.7 Å². The van der Waals surface area contributed by atoms with Crippen molar-refractivity contribution in [1.82, 2.24) is 9.97 Å². The lowest BCUT2D eigenvalue weighted by Crippen LogP contribution is -1.95. The molecule has 34 heavy (non-hydrogen) atoms. The summed E-state index contributed by atoms with van der Waals surface area (Å²) in [6.07, 6.45) is 21.7. The summed E-state index contributed by atoms with van der Waals surface area (Å²) >= 11 is 0. The molecule has 0 aliphatic carbocycles. The topological polar surface area (TPSA) is 25.8 Å². The Kier molecular flexibility index (Phi) is 11.9. The lowest BCUT2D eigenvalue weighted by Gasteiger charge is -2.07. The second-order valence-electron chi connectivity index (χ2n) is 9.76. The van der Waals surface area contributed by atoms with E-state index in [0.29, 0.717) is 0 Å². The zero-order valence-electron chi connectivity index (χ0n) is 21.6. The van der Waals surface area contributed by atoms with Crippen LogP contribution in [0.2, 0.25) is 0 Å². The molecule has 0 saturated carbocycles. The van der Waals surface area contributed by atoms with Crippen LogP contribution in [0.15, 0.2) is 60.9 Å². The van der Waals surface area contributed by atoms with Crippen LogP contribution in [0.5, 0.6) is 0 Å². The van der Waals surface area contributed by atoms with Crippen LogP contribution < -0.4 is 0 Å². The van der Waals surface area contributed by atoms with Crippen LogP contribution in [0.25, 0.3) is 11.4 Å². The van der Waals surface area contributed by atoms with Gasteiger partial charge in [0.1, 0.15) is 0 Å². The Morgan fingerprint density at radius 2 is 0.853 bits per heavy atom. The normalized spacial score (nSPS) is 11.1. The first kappa shape index (κ1) is 26.1. The number of benzene rings is 2. The molecular weight excluding hydrogens is 412 g/mol. The Bertz CT molecular complexity index is 911. The third-order valence-electron chi connectivity index (χ3n) is 6.78. The van der Waals surface area contributed by atoms with E-state index in [2.05, 4.69) is 72.3 Å². The van der Waals surface area contributed by atoms with E-state index in [1.807, 2.05) is 12.4 Å². The van der Waals surface area contributed by atoms with Gasteiger partial charge in [0.05, 0.1) is 0 Å². The summed E-state index contributed by atoms with van der Waals surface area (Å²) in [5.74, 6) is 0.826. The van der Waals surface area contributed by atoms with Gasteiger partial charge in [0.2, 0.25) is 0 Å². The molecule has 0 aliphatic rings. The van der Waals surface area contributed by atoms with Gasteiger partial charge >= 0.3 is 0 Å². The van der Waals surface area contributed by atoms with Crippen molar-refractivity contribution in [2.24, 2.45) is 0 Å². The van der Waals surface area contributed by atoms with Gasteiger partial charge in [-0.05, 0) is 60.8 Å². The van der Waals surface area contributed by atoms with E-state index in [-0.39, 0.29) is 0 Å². The van der Waals surface area contributed by atoms with Gasteiger partial charge in [-0.2, -0.15) is 0 Å². The first-order valence-corrected chi connectivity index (χ1v) is 13.8. The van der Waals surface area contributed by atoms with E-state index in [9.17, 15) is 0 Å². The Hall–Kier alpha value is -2.48. The highest BCUT2D eigenvalue weighted by atomic mass is 14.9. The molecule has 0 fully saturated rings. The number of rotatable bonds is 16. The van der Waals surface area contributed by atoms with Crippen LogP contribution in [0.1, 0.15) is 100 Å². The van der Waals surface area contributed by atoms with Gasteiger partial charge in [-0.25, -0.2) is 9.97 Å². The van der Waals surface area contributed by atoms with Crippen LogP contribution in [0.4, 0.5) is 0 Å². The van der Waals surface area contributed by atoms with Gasteiger partial charge < -0.3 is 0 Å². The third-order valence-corrected chi connectivity index (χ3v) is 6.78. The highest BCUT2D eigenvalue weighted by molar-refractivity contribution is 5.55. The number of aromatic nitrogens is 2. The number of nitrogens with zero attached hydrogens (tertiary/aromatic N) is 2. The molecule has 3 rings (SSSR count). The number of unbranched alkanes of at least 4 members (excludes halogenated alkanes) is 8. The highest BCUT2D eigenvalue weighted by Gasteiger charge is 2.04. The molecule has 2 heteroatoms. The predicted octanol–water partition coefficient (Wildman–Crippen LogP) is 8.95. The average Bonchev–Trinajstić information content (AvgIpc) is 2.89. The van der Waals surface area contributed by atoms with Gasteiger partial charge in [0.15, 0.2) is 5.82 Å². The lowest BCUT2D eigenvalue weighted by molar-refractivity contribution is 0.631. The molecule has 0 radical (unpaired) electrons. The smallest absolute Gasteiger partial charge is 0.159 e. The van der Waals surface area contributed by atoms with Crippen LogP contribution >= 0.6 is 0 Å². The molecule has 2 aromatic carbocycles. The molecule has 0 N–H and O–H groups in total. The maximum absolute atomic E-state index is 4.62. The standard InChI is InChI=1S/C32H44N2/c1-3-5-7-9-11-13-27-15-17-28(18-16-27)19-20-29-21-23-31(24-22-29)32-33-25-30(26-34-32)14-12-10-8-6-4-2/h15-18,21-26H,3-14,19-20H2,1-2H3. The number of aryl methyl sites for hydroxylation is 4. The molecule has 0 saturated heterocycles. The minimum atomic E-state index is 0.826. The van der Waals surface area contributed by atoms with Crippen molar-refractivity contribution in [3.63, 3.8) is 0 Å². The minimum absolute atomic E-state index is 0.826. The summed E-state index contributed by atoms with van der Waals surface area (Å²) in [5, 5.41) is 0. The maximum Gasteiger partial charge on any atom is 0.159 e. The van der Waals surface area contributed by atoms with Crippen molar-refractivity contribution in [3.8, 4) is 11.4 Å².